The van der Waals surface area contributed by atoms with Crippen LogP contribution in [0.5, 0.6) is 0 Å². The molecule has 84 valence electrons. The van der Waals surface area contributed by atoms with Crippen LogP contribution in [0.15, 0.2) is 0 Å². The van der Waals surface area contributed by atoms with E-state index in [9.17, 15) is 4.21 Å². The Morgan fingerprint density at radius 1 is 1.36 bits per heavy atom. The van der Waals surface area contributed by atoms with Crippen molar-refractivity contribution in [2.45, 2.75) is 45.6 Å². The Bertz CT molecular complexity index is 178. The van der Waals surface area contributed by atoms with Gasteiger partial charge in [-0.1, -0.05) is 13.8 Å². The SMILES string of the molecule is CC(C)CCS(=O)CCCNC1CC1. The van der Waals surface area contributed by atoms with Crippen molar-refractivity contribution in [2.75, 3.05) is 18.1 Å². The minimum atomic E-state index is -0.575. The van der Waals surface area contributed by atoms with Crippen LogP contribution < -0.4 is 5.32 Å². The molecule has 1 aliphatic rings. The highest BCUT2D eigenvalue weighted by Crippen LogP contribution is 2.18. The van der Waals surface area contributed by atoms with E-state index in [1.165, 1.54) is 12.8 Å². The summed E-state index contributed by atoms with van der Waals surface area (Å²) in [5.74, 6) is 2.46. The fourth-order valence-corrected chi connectivity index (χ4v) is 2.70. The van der Waals surface area contributed by atoms with Gasteiger partial charge in [-0.3, -0.25) is 4.21 Å². The molecule has 0 spiro atoms. The highest BCUT2D eigenvalue weighted by atomic mass is 32.2. The van der Waals surface area contributed by atoms with Gasteiger partial charge in [-0.25, -0.2) is 0 Å². The topological polar surface area (TPSA) is 29.1 Å². The molecule has 0 bridgehead atoms. The van der Waals surface area contributed by atoms with Crippen molar-refractivity contribution in [1.29, 1.82) is 0 Å². The summed E-state index contributed by atoms with van der Waals surface area (Å²) in [7, 11) is -0.575. The predicted octanol–water partition coefficient (Wildman–Crippen LogP) is 1.92. The number of rotatable bonds is 8. The Hall–Kier alpha value is 0.110. The summed E-state index contributed by atoms with van der Waals surface area (Å²) in [6, 6.07) is 0.791. The first-order valence-corrected chi connectivity index (χ1v) is 7.25. The highest BCUT2D eigenvalue weighted by molar-refractivity contribution is 7.84. The van der Waals surface area contributed by atoms with Crippen LogP contribution in [0.1, 0.15) is 39.5 Å². The van der Waals surface area contributed by atoms with Crippen molar-refractivity contribution in [3.8, 4) is 0 Å². The van der Waals surface area contributed by atoms with Gasteiger partial charge >= 0.3 is 0 Å². The smallest absolute Gasteiger partial charge is 0.0246 e. The minimum Gasteiger partial charge on any atom is -0.314 e. The van der Waals surface area contributed by atoms with Crippen LogP contribution in [-0.2, 0) is 10.8 Å². The Labute approximate surface area is 90.3 Å². The van der Waals surface area contributed by atoms with Crippen LogP contribution in [0.2, 0.25) is 0 Å². The van der Waals surface area contributed by atoms with Crippen molar-refractivity contribution in [1.82, 2.24) is 5.32 Å². The van der Waals surface area contributed by atoms with Gasteiger partial charge in [0.05, 0.1) is 0 Å². The standard InChI is InChI=1S/C11H23NOS/c1-10(2)6-9-14(13)8-3-7-12-11-4-5-11/h10-12H,3-9H2,1-2H3. The fraction of sp³-hybridized carbons (Fsp3) is 1.00. The molecule has 0 aromatic carbocycles. The first-order valence-electron chi connectivity index (χ1n) is 5.77. The van der Waals surface area contributed by atoms with E-state index in [0.29, 0.717) is 5.92 Å². The monoisotopic (exact) mass is 217 g/mol. The molecule has 1 fully saturated rings. The number of hydrogen-bond donors (Lipinski definition) is 1. The molecular weight excluding hydrogens is 194 g/mol. The molecule has 0 saturated heterocycles. The van der Waals surface area contributed by atoms with Gasteiger partial charge in [-0.2, -0.15) is 0 Å². The lowest BCUT2D eigenvalue weighted by Crippen LogP contribution is -2.19. The quantitative estimate of drug-likeness (QED) is 0.629. The van der Waals surface area contributed by atoms with Crippen LogP contribution >= 0.6 is 0 Å². The molecule has 0 aliphatic heterocycles. The molecule has 1 rings (SSSR count). The van der Waals surface area contributed by atoms with Crippen LogP contribution in [-0.4, -0.2) is 28.3 Å². The van der Waals surface area contributed by atoms with Gasteiger partial charge in [0.15, 0.2) is 0 Å². The second-order valence-electron chi connectivity index (χ2n) is 4.61. The summed E-state index contributed by atoms with van der Waals surface area (Å²) >= 11 is 0. The third-order valence-corrected chi connectivity index (χ3v) is 3.92. The van der Waals surface area contributed by atoms with E-state index in [1.807, 2.05) is 0 Å². The molecule has 1 saturated carbocycles. The van der Waals surface area contributed by atoms with Crippen molar-refractivity contribution in [3.05, 3.63) is 0 Å². The average Bonchev–Trinajstić information content (AvgIpc) is 2.92. The number of nitrogens with one attached hydrogen (secondary N) is 1. The van der Waals surface area contributed by atoms with Crippen molar-refractivity contribution >= 4 is 10.8 Å². The van der Waals surface area contributed by atoms with Gasteiger partial charge in [0.2, 0.25) is 0 Å². The molecule has 1 unspecified atom stereocenters. The summed E-state index contributed by atoms with van der Waals surface area (Å²) in [5, 5.41) is 3.44. The lowest BCUT2D eigenvalue weighted by atomic mass is 10.2. The molecule has 0 heterocycles. The van der Waals surface area contributed by atoms with Crippen LogP contribution in [0, 0.1) is 5.92 Å². The van der Waals surface area contributed by atoms with E-state index in [-0.39, 0.29) is 0 Å². The van der Waals surface area contributed by atoms with Crippen LogP contribution in [0.4, 0.5) is 0 Å². The van der Waals surface area contributed by atoms with Gasteiger partial charge in [0, 0.05) is 28.3 Å². The summed E-state index contributed by atoms with van der Waals surface area (Å²) in [5.41, 5.74) is 0. The molecule has 0 aromatic heterocycles. The summed E-state index contributed by atoms with van der Waals surface area (Å²) in [4.78, 5) is 0. The van der Waals surface area contributed by atoms with E-state index >= 15 is 0 Å². The molecular formula is C11H23NOS. The van der Waals surface area contributed by atoms with E-state index < -0.39 is 10.8 Å². The Balaban J connectivity index is 1.86. The maximum Gasteiger partial charge on any atom is 0.0246 e. The first-order chi connectivity index (χ1) is 6.68. The Morgan fingerprint density at radius 2 is 2.07 bits per heavy atom. The van der Waals surface area contributed by atoms with Gasteiger partial charge in [0.25, 0.3) is 0 Å². The lowest BCUT2D eigenvalue weighted by molar-refractivity contribution is 0.616. The van der Waals surface area contributed by atoms with Gasteiger partial charge in [-0.15, -0.1) is 0 Å². The second-order valence-corrected chi connectivity index (χ2v) is 6.31. The Kier molecular flexibility index (Phi) is 5.71. The first kappa shape index (κ1) is 12.2. The zero-order valence-electron chi connectivity index (χ0n) is 9.42. The number of hydrogen-bond acceptors (Lipinski definition) is 2. The summed E-state index contributed by atoms with van der Waals surface area (Å²) < 4.78 is 11.5. The highest BCUT2D eigenvalue weighted by Gasteiger charge is 2.19. The average molecular weight is 217 g/mol. The van der Waals surface area contributed by atoms with Crippen molar-refractivity contribution in [2.24, 2.45) is 5.92 Å². The van der Waals surface area contributed by atoms with Gasteiger partial charge < -0.3 is 5.32 Å². The van der Waals surface area contributed by atoms with Gasteiger partial charge in [-0.05, 0) is 38.1 Å². The molecule has 0 aromatic rings. The summed E-state index contributed by atoms with van der Waals surface area (Å²) in [6.45, 7) is 5.43. The zero-order chi connectivity index (χ0) is 10.4. The van der Waals surface area contributed by atoms with E-state index in [1.54, 1.807) is 0 Å². The maximum absolute atomic E-state index is 11.5. The largest absolute Gasteiger partial charge is 0.314 e. The third kappa shape index (κ3) is 6.55. The molecule has 0 radical (unpaired) electrons. The Morgan fingerprint density at radius 3 is 2.64 bits per heavy atom. The molecule has 2 nitrogen and oxygen atoms in total. The lowest BCUT2D eigenvalue weighted by Gasteiger charge is -2.05. The van der Waals surface area contributed by atoms with Crippen LogP contribution in [0.25, 0.3) is 0 Å². The normalized spacial score (nSPS) is 18.8. The summed E-state index contributed by atoms with van der Waals surface area (Å²) in [6.07, 6.45) is 4.86. The molecule has 1 N–H and O–H groups in total. The van der Waals surface area contributed by atoms with E-state index in [0.717, 1.165) is 36.9 Å². The zero-order valence-corrected chi connectivity index (χ0v) is 10.2. The second kappa shape index (κ2) is 6.57. The van der Waals surface area contributed by atoms with E-state index in [2.05, 4.69) is 19.2 Å². The van der Waals surface area contributed by atoms with Crippen LogP contribution in [0.3, 0.4) is 0 Å². The molecule has 0 amide bonds. The minimum absolute atomic E-state index is 0.575. The molecule has 3 heteroatoms. The van der Waals surface area contributed by atoms with Crippen molar-refractivity contribution < 1.29 is 4.21 Å². The third-order valence-electron chi connectivity index (χ3n) is 2.48. The molecule has 1 atom stereocenters. The molecule has 14 heavy (non-hydrogen) atoms. The van der Waals surface area contributed by atoms with Crippen molar-refractivity contribution in [3.63, 3.8) is 0 Å². The fourth-order valence-electron chi connectivity index (χ4n) is 1.30. The maximum atomic E-state index is 11.5. The van der Waals surface area contributed by atoms with E-state index in [4.69, 9.17) is 0 Å². The predicted molar refractivity (Wildman–Crippen MR) is 63.0 cm³/mol. The van der Waals surface area contributed by atoms with Gasteiger partial charge in [0.1, 0.15) is 0 Å². The molecule has 1 aliphatic carbocycles.